The summed E-state index contributed by atoms with van der Waals surface area (Å²) in [5.41, 5.74) is 2.01. The van der Waals surface area contributed by atoms with E-state index in [0.717, 1.165) is 23.4 Å². The van der Waals surface area contributed by atoms with Gasteiger partial charge in [-0.2, -0.15) is 13.2 Å². The number of phenolic OH excluding ortho intramolecular Hbond substituents is 1. The molecule has 3 N–H and O–H groups in total. The zero-order valence-electron chi connectivity index (χ0n) is 16.1. The van der Waals surface area contributed by atoms with Crippen LogP contribution in [-0.4, -0.2) is 24.2 Å². The number of halogens is 3. The lowest BCUT2D eigenvalue weighted by molar-refractivity contribution is -0.137. The molecule has 1 unspecified atom stereocenters. The molecule has 0 aromatic heterocycles. The van der Waals surface area contributed by atoms with Crippen LogP contribution in [0.2, 0.25) is 0 Å². The van der Waals surface area contributed by atoms with Crippen molar-refractivity contribution in [2.24, 2.45) is 0 Å². The molecular formula is C22H21F3N2O3. The normalized spacial score (nSPS) is 19.7. The number of carbonyl (C=O) groups is 1. The second kappa shape index (κ2) is 7.93. The van der Waals surface area contributed by atoms with Gasteiger partial charge in [0.05, 0.1) is 18.2 Å². The molecule has 5 nitrogen and oxygen atoms in total. The molecule has 2 aliphatic rings. The van der Waals surface area contributed by atoms with Gasteiger partial charge >= 0.3 is 6.18 Å². The number of allylic oxidation sites excluding steroid dienone is 1. The average molecular weight is 418 g/mol. The number of hydrogen-bond acceptors (Lipinski definition) is 4. The average Bonchev–Trinajstić information content (AvgIpc) is 2.89. The first kappa shape index (κ1) is 20.1. The van der Waals surface area contributed by atoms with Crippen LogP contribution >= 0.6 is 0 Å². The molecule has 158 valence electrons. The monoisotopic (exact) mass is 418 g/mol. The summed E-state index contributed by atoms with van der Waals surface area (Å²) in [5.74, 6) is -0.0807. The molecule has 30 heavy (non-hydrogen) atoms. The van der Waals surface area contributed by atoms with Crippen LogP contribution in [0.5, 0.6) is 11.5 Å². The molecule has 0 aliphatic carbocycles. The first-order valence-electron chi connectivity index (χ1n) is 9.73. The Labute approximate surface area is 171 Å². The van der Waals surface area contributed by atoms with E-state index in [2.05, 4.69) is 10.6 Å². The van der Waals surface area contributed by atoms with Gasteiger partial charge < -0.3 is 20.5 Å². The number of aromatic hydroxyl groups is 1. The maximum absolute atomic E-state index is 13.0. The third kappa shape index (κ3) is 4.22. The maximum Gasteiger partial charge on any atom is 0.416 e. The minimum Gasteiger partial charge on any atom is -0.508 e. The number of phenols is 1. The van der Waals surface area contributed by atoms with Crippen LogP contribution in [0.1, 0.15) is 42.0 Å². The maximum atomic E-state index is 13.0. The fourth-order valence-electron chi connectivity index (χ4n) is 3.84. The topological polar surface area (TPSA) is 70.6 Å². The molecule has 2 aliphatic heterocycles. The van der Waals surface area contributed by atoms with Crippen molar-refractivity contribution >= 4 is 17.2 Å². The van der Waals surface area contributed by atoms with E-state index in [0.29, 0.717) is 36.9 Å². The zero-order chi connectivity index (χ0) is 21.3. The van der Waals surface area contributed by atoms with Crippen LogP contribution in [0.15, 0.2) is 42.5 Å². The number of alkyl halides is 3. The van der Waals surface area contributed by atoms with E-state index in [4.69, 9.17) is 4.74 Å². The van der Waals surface area contributed by atoms with Crippen LogP contribution in [0.4, 0.5) is 18.9 Å². The van der Waals surface area contributed by atoms with Crippen LogP contribution in [-0.2, 0) is 11.0 Å². The lowest BCUT2D eigenvalue weighted by Gasteiger charge is -2.27. The first-order valence-corrected chi connectivity index (χ1v) is 9.73. The number of hydrogen-bond donors (Lipinski definition) is 3. The number of amides is 1. The molecule has 1 atom stereocenters. The summed E-state index contributed by atoms with van der Waals surface area (Å²) in [4.78, 5) is 12.7. The van der Waals surface area contributed by atoms with E-state index in [1.165, 1.54) is 12.1 Å². The van der Waals surface area contributed by atoms with Crippen molar-refractivity contribution in [3.63, 3.8) is 0 Å². The number of nitrogens with one attached hydrogen (secondary N) is 2. The summed E-state index contributed by atoms with van der Waals surface area (Å²) in [6.45, 7) is 0.963. The molecule has 0 fully saturated rings. The predicted molar refractivity (Wildman–Crippen MR) is 106 cm³/mol. The van der Waals surface area contributed by atoms with E-state index in [1.54, 1.807) is 18.2 Å². The van der Waals surface area contributed by atoms with Crippen LogP contribution in [0, 0.1) is 0 Å². The van der Waals surface area contributed by atoms with Gasteiger partial charge in [0, 0.05) is 29.4 Å². The minimum atomic E-state index is -4.46. The minimum absolute atomic E-state index is 0.116. The van der Waals surface area contributed by atoms with Crippen molar-refractivity contribution in [1.29, 1.82) is 0 Å². The second-order valence-electron chi connectivity index (χ2n) is 7.38. The highest BCUT2D eigenvalue weighted by molar-refractivity contribution is 5.96. The van der Waals surface area contributed by atoms with Gasteiger partial charge in [0.15, 0.2) is 0 Å². The first-order chi connectivity index (χ1) is 14.3. The van der Waals surface area contributed by atoms with Gasteiger partial charge in [-0.25, -0.2) is 0 Å². The van der Waals surface area contributed by atoms with E-state index >= 15 is 0 Å². The number of rotatable bonds is 2. The number of anilines is 1. The number of carbonyl (C=O) groups excluding carboxylic acids is 1. The SMILES string of the molecule is O=C(C=C1CCCOc2cc(C(F)(F)F)ccc21)NC1CCNc2ccc(O)cc21. The molecule has 0 radical (unpaired) electrons. The Morgan fingerprint density at radius 1 is 1.23 bits per heavy atom. The molecule has 1 amide bonds. The number of benzene rings is 2. The van der Waals surface area contributed by atoms with E-state index in [1.807, 2.05) is 0 Å². The van der Waals surface area contributed by atoms with Crippen molar-refractivity contribution in [2.75, 3.05) is 18.5 Å². The van der Waals surface area contributed by atoms with Gasteiger partial charge in [-0.15, -0.1) is 0 Å². The van der Waals surface area contributed by atoms with Crippen molar-refractivity contribution < 1.29 is 27.8 Å². The summed E-state index contributed by atoms with van der Waals surface area (Å²) in [5, 5.41) is 16.0. The molecular weight excluding hydrogens is 397 g/mol. The zero-order valence-corrected chi connectivity index (χ0v) is 16.1. The Morgan fingerprint density at radius 3 is 2.87 bits per heavy atom. The summed E-state index contributed by atoms with van der Waals surface area (Å²) < 4.78 is 44.6. The van der Waals surface area contributed by atoms with Crippen LogP contribution < -0.4 is 15.4 Å². The molecule has 8 heteroatoms. The summed E-state index contributed by atoms with van der Waals surface area (Å²) in [7, 11) is 0. The van der Waals surface area contributed by atoms with Crippen LogP contribution in [0.25, 0.3) is 5.57 Å². The lowest BCUT2D eigenvalue weighted by atomic mass is 9.96. The highest BCUT2D eigenvalue weighted by atomic mass is 19.4. The third-order valence-corrected chi connectivity index (χ3v) is 5.28. The lowest BCUT2D eigenvalue weighted by Crippen LogP contribution is -2.32. The number of ether oxygens (including phenoxy) is 1. The van der Waals surface area contributed by atoms with Gasteiger partial charge in [-0.05, 0) is 55.2 Å². The largest absolute Gasteiger partial charge is 0.508 e. The Bertz CT molecular complexity index is 1000. The van der Waals surface area contributed by atoms with Crippen molar-refractivity contribution in [3.05, 3.63) is 59.2 Å². The van der Waals surface area contributed by atoms with Gasteiger partial charge in [0.1, 0.15) is 11.5 Å². The molecule has 0 bridgehead atoms. The Hall–Kier alpha value is -3.16. The quantitative estimate of drug-likeness (QED) is 0.491. The Morgan fingerprint density at radius 2 is 2.07 bits per heavy atom. The number of fused-ring (bicyclic) bond motifs is 2. The summed E-state index contributed by atoms with van der Waals surface area (Å²) in [6, 6.07) is 8.04. The second-order valence-corrected chi connectivity index (χ2v) is 7.38. The van der Waals surface area contributed by atoms with Crippen LogP contribution in [0.3, 0.4) is 0 Å². The van der Waals surface area contributed by atoms with Gasteiger partial charge in [-0.1, -0.05) is 6.07 Å². The smallest absolute Gasteiger partial charge is 0.416 e. The Balaban J connectivity index is 1.59. The summed E-state index contributed by atoms with van der Waals surface area (Å²) >= 11 is 0. The van der Waals surface area contributed by atoms with Crippen molar-refractivity contribution in [2.45, 2.75) is 31.5 Å². The van der Waals surface area contributed by atoms with E-state index in [-0.39, 0.29) is 30.1 Å². The third-order valence-electron chi connectivity index (χ3n) is 5.28. The van der Waals surface area contributed by atoms with E-state index < -0.39 is 11.7 Å². The fraction of sp³-hybridized carbons (Fsp3) is 0.318. The van der Waals surface area contributed by atoms with Gasteiger partial charge in [0.2, 0.25) is 5.91 Å². The predicted octanol–water partition coefficient (Wildman–Crippen LogP) is 4.64. The standard InChI is InChI=1S/C22H21F3N2O3/c23-22(24,25)14-3-5-16-13(2-1-9-30-20(16)11-14)10-21(29)27-19-7-8-26-18-6-4-15(28)12-17(18)19/h3-6,10-12,19,26,28H,1-2,7-9H2,(H,27,29). The highest BCUT2D eigenvalue weighted by Gasteiger charge is 2.32. The molecule has 2 heterocycles. The molecule has 4 rings (SSSR count). The van der Waals surface area contributed by atoms with Gasteiger partial charge in [-0.3, -0.25) is 4.79 Å². The molecule has 2 aromatic rings. The van der Waals surface area contributed by atoms with Gasteiger partial charge in [0.25, 0.3) is 0 Å². The summed E-state index contributed by atoms with van der Waals surface area (Å²) in [6.07, 6.45) is -1.25. The van der Waals surface area contributed by atoms with Crippen molar-refractivity contribution in [1.82, 2.24) is 5.32 Å². The fourth-order valence-corrected chi connectivity index (χ4v) is 3.84. The van der Waals surface area contributed by atoms with E-state index in [9.17, 15) is 23.1 Å². The highest BCUT2D eigenvalue weighted by Crippen LogP contribution is 2.38. The molecule has 0 saturated heterocycles. The molecule has 0 saturated carbocycles. The Kier molecular flexibility index (Phi) is 5.32. The van der Waals surface area contributed by atoms with Crippen molar-refractivity contribution in [3.8, 4) is 11.5 Å². The molecule has 2 aromatic carbocycles. The molecule has 0 spiro atoms.